The van der Waals surface area contributed by atoms with E-state index in [2.05, 4.69) is 6.92 Å². The Hall–Kier alpha value is -1.84. The van der Waals surface area contributed by atoms with Gasteiger partial charge in [0.2, 0.25) is 5.91 Å². The fraction of sp³-hybridized carbons (Fsp3) is 0.467. The van der Waals surface area contributed by atoms with E-state index in [0.717, 1.165) is 25.1 Å². The largest absolute Gasteiger partial charge is 0.337 e. The summed E-state index contributed by atoms with van der Waals surface area (Å²) in [7, 11) is 0. The summed E-state index contributed by atoms with van der Waals surface area (Å²) in [6.07, 6.45) is 2.05. The van der Waals surface area contributed by atoms with Crippen molar-refractivity contribution in [1.82, 2.24) is 4.90 Å². The molecule has 1 aliphatic heterocycles. The summed E-state index contributed by atoms with van der Waals surface area (Å²) >= 11 is 0. The van der Waals surface area contributed by atoms with Crippen LogP contribution in [0.5, 0.6) is 0 Å². The number of nitrogens with zero attached hydrogens (tertiary/aromatic N) is 2. The molecule has 0 spiro atoms. The molecule has 2 amide bonds. The molecule has 1 aromatic rings. The maximum Gasteiger partial charge on any atom is 0.256 e. The summed E-state index contributed by atoms with van der Waals surface area (Å²) in [6.45, 7) is 5.59. The Morgan fingerprint density at radius 2 is 2.00 bits per heavy atom. The third kappa shape index (κ3) is 2.78. The standard InChI is InChI=1S/C15H20N2O2/c1-3-4-9-16-10-11-17(12(2)18)14-8-6-5-7-13(14)15(16)19/h5-8H,3-4,9-11H2,1-2H3. The molecule has 102 valence electrons. The van der Waals surface area contributed by atoms with Crippen LogP contribution in [0.2, 0.25) is 0 Å². The van der Waals surface area contributed by atoms with Gasteiger partial charge in [0.25, 0.3) is 5.91 Å². The molecule has 0 saturated heterocycles. The van der Waals surface area contributed by atoms with Gasteiger partial charge in [0.05, 0.1) is 11.3 Å². The number of para-hydroxylation sites is 1. The summed E-state index contributed by atoms with van der Waals surface area (Å²) in [5.74, 6) is 0.0189. The van der Waals surface area contributed by atoms with Crippen molar-refractivity contribution < 1.29 is 9.59 Å². The van der Waals surface area contributed by atoms with Gasteiger partial charge in [-0.1, -0.05) is 25.5 Å². The molecule has 0 saturated carbocycles. The topological polar surface area (TPSA) is 40.6 Å². The number of fused-ring (bicyclic) bond motifs is 1. The number of rotatable bonds is 3. The molecule has 0 aliphatic carbocycles. The summed E-state index contributed by atoms with van der Waals surface area (Å²) in [5.41, 5.74) is 1.37. The van der Waals surface area contributed by atoms with E-state index in [1.807, 2.05) is 23.1 Å². The van der Waals surface area contributed by atoms with Crippen LogP contribution in [0.1, 0.15) is 37.0 Å². The monoisotopic (exact) mass is 260 g/mol. The van der Waals surface area contributed by atoms with Crippen molar-refractivity contribution in [2.45, 2.75) is 26.7 Å². The lowest BCUT2D eigenvalue weighted by Crippen LogP contribution is -2.36. The third-order valence-electron chi connectivity index (χ3n) is 3.47. The van der Waals surface area contributed by atoms with Crippen LogP contribution in [0.25, 0.3) is 0 Å². The Morgan fingerprint density at radius 3 is 2.68 bits per heavy atom. The number of carbonyl (C=O) groups is 2. The van der Waals surface area contributed by atoms with Gasteiger partial charge < -0.3 is 9.80 Å². The minimum atomic E-state index is -0.0161. The van der Waals surface area contributed by atoms with Crippen molar-refractivity contribution in [3.8, 4) is 0 Å². The molecule has 2 rings (SSSR count). The van der Waals surface area contributed by atoms with Gasteiger partial charge in [0.1, 0.15) is 0 Å². The maximum absolute atomic E-state index is 12.5. The molecule has 0 radical (unpaired) electrons. The van der Waals surface area contributed by atoms with Crippen molar-refractivity contribution in [2.75, 3.05) is 24.5 Å². The lowest BCUT2D eigenvalue weighted by Gasteiger charge is -2.21. The van der Waals surface area contributed by atoms with Crippen LogP contribution in [-0.2, 0) is 4.79 Å². The van der Waals surface area contributed by atoms with Gasteiger partial charge in [0.15, 0.2) is 0 Å². The van der Waals surface area contributed by atoms with Crippen molar-refractivity contribution >= 4 is 17.5 Å². The molecule has 1 heterocycles. The van der Waals surface area contributed by atoms with Gasteiger partial charge in [-0.2, -0.15) is 0 Å². The van der Waals surface area contributed by atoms with Gasteiger partial charge in [-0.05, 0) is 18.6 Å². The zero-order valence-corrected chi connectivity index (χ0v) is 11.6. The molecular formula is C15H20N2O2. The Balaban J connectivity index is 2.35. The minimum Gasteiger partial charge on any atom is -0.337 e. The SMILES string of the molecule is CCCCN1CCN(C(C)=O)c2ccccc2C1=O. The van der Waals surface area contributed by atoms with Crippen LogP contribution < -0.4 is 4.90 Å². The Labute approximate surface area is 114 Å². The number of hydrogen-bond donors (Lipinski definition) is 0. The molecule has 0 aromatic heterocycles. The molecule has 1 aliphatic rings. The van der Waals surface area contributed by atoms with Crippen molar-refractivity contribution in [3.05, 3.63) is 29.8 Å². The lowest BCUT2D eigenvalue weighted by molar-refractivity contribution is -0.116. The highest BCUT2D eigenvalue weighted by atomic mass is 16.2. The van der Waals surface area contributed by atoms with Gasteiger partial charge in [-0.25, -0.2) is 0 Å². The fourth-order valence-corrected chi connectivity index (χ4v) is 2.39. The molecule has 0 fully saturated rings. The summed E-state index contributed by atoms with van der Waals surface area (Å²) in [6, 6.07) is 7.36. The molecule has 0 unspecified atom stereocenters. The van der Waals surface area contributed by atoms with Crippen molar-refractivity contribution in [2.24, 2.45) is 0 Å². The number of hydrogen-bond acceptors (Lipinski definition) is 2. The normalized spacial score (nSPS) is 15.2. The highest BCUT2D eigenvalue weighted by Crippen LogP contribution is 2.25. The first kappa shape index (κ1) is 13.6. The van der Waals surface area contributed by atoms with Crippen LogP contribution >= 0.6 is 0 Å². The number of carbonyl (C=O) groups excluding carboxylic acids is 2. The quantitative estimate of drug-likeness (QED) is 0.836. The number of unbranched alkanes of at least 4 members (excludes halogenated alkanes) is 1. The first-order valence-electron chi connectivity index (χ1n) is 6.81. The molecule has 19 heavy (non-hydrogen) atoms. The lowest BCUT2D eigenvalue weighted by atomic mass is 10.1. The number of benzene rings is 1. The fourth-order valence-electron chi connectivity index (χ4n) is 2.39. The third-order valence-corrected chi connectivity index (χ3v) is 3.47. The zero-order chi connectivity index (χ0) is 13.8. The van der Waals surface area contributed by atoms with Gasteiger partial charge >= 0.3 is 0 Å². The van der Waals surface area contributed by atoms with Crippen LogP contribution in [0.4, 0.5) is 5.69 Å². The van der Waals surface area contributed by atoms with Crippen molar-refractivity contribution in [1.29, 1.82) is 0 Å². The van der Waals surface area contributed by atoms with Crippen molar-refractivity contribution in [3.63, 3.8) is 0 Å². The summed E-state index contributed by atoms with van der Waals surface area (Å²) < 4.78 is 0. The van der Waals surface area contributed by atoms with E-state index in [4.69, 9.17) is 0 Å². The Kier molecular flexibility index (Phi) is 4.20. The first-order chi connectivity index (χ1) is 9.15. The molecule has 0 atom stereocenters. The Morgan fingerprint density at radius 1 is 1.26 bits per heavy atom. The maximum atomic E-state index is 12.5. The number of amides is 2. The van der Waals surface area contributed by atoms with E-state index >= 15 is 0 Å². The predicted molar refractivity (Wildman–Crippen MR) is 75.3 cm³/mol. The van der Waals surface area contributed by atoms with E-state index in [0.29, 0.717) is 18.7 Å². The Bertz CT molecular complexity index is 485. The predicted octanol–water partition coefficient (Wildman–Crippen LogP) is 2.30. The van der Waals surface area contributed by atoms with Crippen LogP contribution in [0.15, 0.2) is 24.3 Å². The number of anilines is 1. The molecule has 0 bridgehead atoms. The van der Waals surface area contributed by atoms with Gasteiger partial charge in [-0.3, -0.25) is 9.59 Å². The van der Waals surface area contributed by atoms with E-state index in [9.17, 15) is 9.59 Å². The molecule has 4 heteroatoms. The molecule has 1 aromatic carbocycles. The van der Waals surface area contributed by atoms with E-state index in [1.165, 1.54) is 0 Å². The highest BCUT2D eigenvalue weighted by Gasteiger charge is 2.27. The minimum absolute atomic E-state index is 0.0161. The zero-order valence-electron chi connectivity index (χ0n) is 11.6. The van der Waals surface area contributed by atoms with Crippen LogP contribution in [0.3, 0.4) is 0 Å². The second kappa shape index (κ2) is 5.87. The van der Waals surface area contributed by atoms with Crippen LogP contribution in [-0.4, -0.2) is 36.3 Å². The van der Waals surface area contributed by atoms with E-state index in [-0.39, 0.29) is 11.8 Å². The average molecular weight is 260 g/mol. The molecular weight excluding hydrogens is 240 g/mol. The van der Waals surface area contributed by atoms with Crippen LogP contribution in [0, 0.1) is 0 Å². The smallest absolute Gasteiger partial charge is 0.256 e. The van der Waals surface area contributed by atoms with Gasteiger partial charge in [0, 0.05) is 26.6 Å². The van der Waals surface area contributed by atoms with Gasteiger partial charge in [-0.15, -0.1) is 0 Å². The highest BCUT2D eigenvalue weighted by molar-refractivity contribution is 6.05. The average Bonchev–Trinajstić information content (AvgIpc) is 2.55. The summed E-state index contributed by atoms with van der Waals surface area (Å²) in [4.78, 5) is 27.8. The summed E-state index contributed by atoms with van der Waals surface area (Å²) in [5, 5.41) is 0. The molecule has 0 N–H and O–H groups in total. The van der Waals surface area contributed by atoms with E-state index < -0.39 is 0 Å². The second-order valence-electron chi connectivity index (χ2n) is 4.83. The second-order valence-corrected chi connectivity index (χ2v) is 4.83. The van der Waals surface area contributed by atoms with E-state index in [1.54, 1.807) is 17.9 Å². The molecule has 4 nitrogen and oxygen atoms in total. The first-order valence-corrected chi connectivity index (χ1v) is 6.81.